The number of hydrogen-bond acceptors (Lipinski definition) is 6. The largest absolute Gasteiger partial charge is 0.456 e. The first-order valence-corrected chi connectivity index (χ1v) is 9.66. The highest BCUT2D eigenvalue weighted by atomic mass is 32.2. The van der Waals surface area contributed by atoms with Gasteiger partial charge in [0.1, 0.15) is 17.3 Å². The lowest BCUT2D eigenvalue weighted by atomic mass is 10.1. The van der Waals surface area contributed by atoms with Crippen LogP contribution >= 0.6 is 0 Å². The minimum atomic E-state index is -4.25. The number of aryl methyl sites for hydroxylation is 1. The molecule has 10 heteroatoms. The molecule has 0 aliphatic carbocycles. The summed E-state index contributed by atoms with van der Waals surface area (Å²) in [7, 11) is -4.25. The molecule has 0 saturated carbocycles. The molecule has 0 amide bonds. The summed E-state index contributed by atoms with van der Waals surface area (Å²) in [5.41, 5.74) is 1.51. The molecule has 1 heterocycles. The minimum Gasteiger partial charge on any atom is -0.456 e. The Morgan fingerprint density at radius 3 is 2.39 bits per heavy atom. The number of aromatic amines is 1. The quantitative estimate of drug-likeness (QED) is 0.504. The summed E-state index contributed by atoms with van der Waals surface area (Å²) in [4.78, 5) is 37.7. The maximum atomic E-state index is 13.6. The predicted molar refractivity (Wildman–Crippen MR) is 97.1 cm³/mol. The van der Waals surface area contributed by atoms with Crippen LogP contribution in [0.1, 0.15) is 39.0 Å². The third-order valence-corrected chi connectivity index (χ3v) is 5.40. The van der Waals surface area contributed by atoms with E-state index in [0.717, 1.165) is 12.1 Å². The van der Waals surface area contributed by atoms with Gasteiger partial charge in [-0.05, 0) is 38.5 Å². The van der Waals surface area contributed by atoms with E-state index in [9.17, 15) is 27.2 Å². The van der Waals surface area contributed by atoms with Crippen LogP contribution in [0.4, 0.5) is 4.39 Å². The van der Waals surface area contributed by atoms with Crippen molar-refractivity contribution in [2.45, 2.75) is 25.7 Å². The number of nitrogens with one attached hydrogen (secondary N) is 2. The lowest BCUT2D eigenvalue weighted by Gasteiger charge is -2.08. The van der Waals surface area contributed by atoms with E-state index < -0.39 is 45.6 Å². The minimum absolute atomic E-state index is 0.141. The number of ketones is 2. The summed E-state index contributed by atoms with van der Waals surface area (Å²) in [5, 5.41) is 0. The number of H-pyrrole nitrogens is 1. The van der Waals surface area contributed by atoms with Gasteiger partial charge >= 0.3 is 5.97 Å². The van der Waals surface area contributed by atoms with Gasteiger partial charge in [-0.15, -0.1) is 0 Å². The number of carbonyl (C=O) groups excluding carboxylic acids is 3. The zero-order chi connectivity index (χ0) is 21.1. The van der Waals surface area contributed by atoms with Crippen molar-refractivity contribution in [3.63, 3.8) is 0 Å². The molecule has 0 aliphatic rings. The molecule has 0 radical (unpaired) electrons. The van der Waals surface area contributed by atoms with Crippen molar-refractivity contribution >= 4 is 27.6 Å². The Balaban J connectivity index is 1.96. The molecule has 1 aromatic carbocycles. The van der Waals surface area contributed by atoms with Gasteiger partial charge in [-0.3, -0.25) is 14.4 Å². The molecule has 0 saturated heterocycles. The molecular weight excluding hydrogens is 391 g/mol. The van der Waals surface area contributed by atoms with E-state index in [1.807, 2.05) is 4.72 Å². The lowest BCUT2D eigenvalue weighted by Crippen LogP contribution is -2.32. The van der Waals surface area contributed by atoms with Crippen molar-refractivity contribution in [2.24, 2.45) is 0 Å². The van der Waals surface area contributed by atoms with Crippen molar-refractivity contribution in [3.05, 3.63) is 52.6 Å². The molecular formula is C18H19FN2O6S. The van der Waals surface area contributed by atoms with E-state index >= 15 is 0 Å². The summed E-state index contributed by atoms with van der Waals surface area (Å²) in [5.74, 6) is -2.75. The number of Topliss-reactive ketones (excluding diaryl/α,β-unsaturated/α-hetero) is 2. The van der Waals surface area contributed by atoms with Gasteiger partial charge in [-0.2, -0.15) is 4.72 Å². The van der Waals surface area contributed by atoms with E-state index in [1.54, 1.807) is 13.8 Å². The number of halogens is 1. The van der Waals surface area contributed by atoms with Gasteiger partial charge in [0.25, 0.3) is 0 Å². The molecule has 8 nitrogen and oxygen atoms in total. The fourth-order valence-corrected chi connectivity index (χ4v) is 3.77. The van der Waals surface area contributed by atoms with Gasteiger partial charge in [0.2, 0.25) is 15.8 Å². The SMILES string of the molecule is CC(=O)c1c(C)[nH]c(C(=O)COC(=O)CNS(=O)(=O)c2ccccc2F)c1C. The molecule has 0 fully saturated rings. The number of carbonyl (C=O) groups is 3. The van der Waals surface area contributed by atoms with Gasteiger partial charge < -0.3 is 9.72 Å². The van der Waals surface area contributed by atoms with Gasteiger partial charge in [0, 0.05) is 11.3 Å². The van der Waals surface area contributed by atoms with Crippen molar-refractivity contribution in [2.75, 3.05) is 13.2 Å². The monoisotopic (exact) mass is 410 g/mol. The second-order valence-electron chi connectivity index (χ2n) is 6.02. The molecule has 0 bridgehead atoms. The van der Waals surface area contributed by atoms with Crippen LogP contribution in [0.5, 0.6) is 0 Å². The molecule has 2 rings (SSSR count). The second-order valence-corrected chi connectivity index (χ2v) is 7.76. The number of esters is 1. The Morgan fingerprint density at radius 1 is 1.18 bits per heavy atom. The molecule has 2 aromatic rings. The third kappa shape index (κ3) is 4.70. The van der Waals surface area contributed by atoms with Crippen molar-refractivity contribution in [3.8, 4) is 0 Å². The molecule has 0 spiro atoms. The van der Waals surface area contributed by atoms with Crippen LogP contribution in [0.2, 0.25) is 0 Å². The highest BCUT2D eigenvalue weighted by Crippen LogP contribution is 2.19. The summed E-state index contributed by atoms with van der Waals surface area (Å²) in [6.07, 6.45) is 0. The fourth-order valence-electron chi connectivity index (χ4n) is 2.72. The summed E-state index contributed by atoms with van der Waals surface area (Å²) in [6.45, 7) is 3.20. The number of aromatic nitrogens is 1. The molecule has 28 heavy (non-hydrogen) atoms. The zero-order valence-electron chi connectivity index (χ0n) is 15.5. The van der Waals surface area contributed by atoms with Crippen LogP contribution in [-0.4, -0.2) is 44.1 Å². The number of ether oxygens (including phenoxy) is 1. The average molecular weight is 410 g/mol. The average Bonchev–Trinajstić information content (AvgIpc) is 2.92. The smallest absolute Gasteiger partial charge is 0.321 e. The summed E-state index contributed by atoms with van der Waals surface area (Å²) in [6, 6.07) is 4.69. The first-order chi connectivity index (χ1) is 13.0. The van der Waals surface area contributed by atoms with Gasteiger partial charge in [0.15, 0.2) is 12.4 Å². The maximum absolute atomic E-state index is 13.6. The Labute approximate surface area is 161 Å². The predicted octanol–water partition coefficient (Wildman–Crippen LogP) is 1.68. The van der Waals surface area contributed by atoms with E-state index in [-0.39, 0.29) is 11.5 Å². The standard InChI is InChI=1S/C18H19FN2O6S/c1-10-17(12(3)22)11(2)21-18(10)14(23)9-27-16(24)8-20-28(25,26)15-7-5-4-6-13(15)19/h4-7,20-21H,8-9H2,1-3H3. The normalized spacial score (nSPS) is 11.3. The lowest BCUT2D eigenvalue weighted by molar-refractivity contribution is -0.141. The summed E-state index contributed by atoms with van der Waals surface area (Å²) < 4.78 is 44.3. The van der Waals surface area contributed by atoms with Crippen molar-refractivity contribution in [1.82, 2.24) is 9.71 Å². The van der Waals surface area contributed by atoms with Crippen LogP contribution in [0, 0.1) is 19.7 Å². The Bertz CT molecular complexity index is 1040. The van der Waals surface area contributed by atoms with E-state index in [1.165, 1.54) is 19.1 Å². The van der Waals surface area contributed by atoms with E-state index in [4.69, 9.17) is 4.74 Å². The van der Waals surface area contributed by atoms with Gasteiger partial charge in [0.05, 0.1) is 5.69 Å². The summed E-state index contributed by atoms with van der Waals surface area (Å²) >= 11 is 0. The Kier molecular flexibility index (Phi) is 6.47. The van der Waals surface area contributed by atoms with Gasteiger partial charge in [-0.25, -0.2) is 12.8 Å². The van der Waals surface area contributed by atoms with Crippen molar-refractivity contribution < 1.29 is 31.9 Å². The van der Waals surface area contributed by atoms with Crippen LogP contribution in [0.3, 0.4) is 0 Å². The van der Waals surface area contributed by atoms with Crippen LogP contribution in [-0.2, 0) is 19.6 Å². The molecule has 0 unspecified atom stereocenters. The molecule has 0 aliphatic heterocycles. The zero-order valence-corrected chi connectivity index (χ0v) is 16.3. The van der Waals surface area contributed by atoms with Crippen LogP contribution in [0.15, 0.2) is 29.2 Å². The molecule has 0 atom stereocenters. The second kappa shape index (κ2) is 8.44. The van der Waals surface area contributed by atoms with E-state index in [0.29, 0.717) is 16.8 Å². The highest BCUT2D eigenvalue weighted by Gasteiger charge is 2.22. The Hall–Kier alpha value is -2.85. The van der Waals surface area contributed by atoms with Gasteiger partial charge in [-0.1, -0.05) is 12.1 Å². The topological polar surface area (TPSA) is 122 Å². The van der Waals surface area contributed by atoms with Crippen molar-refractivity contribution in [1.29, 1.82) is 0 Å². The first-order valence-electron chi connectivity index (χ1n) is 8.17. The number of rotatable bonds is 8. The fraction of sp³-hybridized carbons (Fsp3) is 0.278. The molecule has 2 N–H and O–H groups in total. The van der Waals surface area contributed by atoms with Crippen LogP contribution < -0.4 is 4.72 Å². The first kappa shape index (κ1) is 21.5. The number of sulfonamides is 1. The number of benzene rings is 1. The molecule has 150 valence electrons. The van der Waals surface area contributed by atoms with E-state index in [2.05, 4.69) is 4.98 Å². The Morgan fingerprint density at radius 2 is 1.82 bits per heavy atom. The third-order valence-electron chi connectivity index (χ3n) is 3.97. The molecule has 1 aromatic heterocycles. The highest BCUT2D eigenvalue weighted by molar-refractivity contribution is 7.89. The number of hydrogen-bond donors (Lipinski definition) is 2. The maximum Gasteiger partial charge on any atom is 0.321 e. The van der Waals surface area contributed by atoms with Crippen LogP contribution in [0.25, 0.3) is 0 Å².